The van der Waals surface area contributed by atoms with Gasteiger partial charge in [0.15, 0.2) is 5.96 Å². The molecular weight excluding hydrogens is 346 g/mol. The van der Waals surface area contributed by atoms with Crippen LogP contribution in [-0.2, 0) is 24.1 Å². The number of aromatic nitrogens is 1. The molecule has 1 aromatic heterocycles. The second-order valence-electron chi connectivity index (χ2n) is 5.76. The lowest BCUT2D eigenvalue weighted by Crippen LogP contribution is -2.44. The first-order valence-electron chi connectivity index (χ1n) is 8.90. The molecule has 0 aliphatic rings. The Morgan fingerprint density at radius 3 is 2.58 bits per heavy atom. The van der Waals surface area contributed by atoms with Crippen molar-refractivity contribution < 1.29 is 4.79 Å². The number of nitrogens with zero attached hydrogens (tertiary/aromatic N) is 2. The van der Waals surface area contributed by atoms with Gasteiger partial charge in [-0.3, -0.25) is 9.79 Å². The molecule has 0 saturated carbocycles. The number of aliphatic imine (C=N–C) groups is 1. The molecule has 1 amide bonds. The molecule has 2 rings (SSSR count). The third-order valence-corrected chi connectivity index (χ3v) is 5.00. The number of amides is 1. The van der Waals surface area contributed by atoms with Crippen molar-refractivity contribution in [3.8, 4) is 0 Å². The van der Waals surface area contributed by atoms with Gasteiger partial charge in [0.25, 0.3) is 0 Å². The van der Waals surface area contributed by atoms with E-state index in [9.17, 15) is 4.79 Å². The summed E-state index contributed by atoms with van der Waals surface area (Å²) in [7, 11) is 1.70. The van der Waals surface area contributed by atoms with Gasteiger partial charge in [0.05, 0.1) is 11.6 Å². The molecule has 0 spiro atoms. The minimum absolute atomic E-state index is 0.0450. The number of hydrogen-bond acceptors (Lipinski definition) is 4. The van der Waals surface area contributed by atoms with Gasteiger partial charge < -0.3 is 16.0 Å². The van der Waals surface area contributed by atoms with Crippen LogP contribution in [-0.4, -0.2) is 43.5 Å². The van der Waals surface area contributed by atoms with Gasteiger partial charge in [0.2, 0.25) is 5.91 Å². The van der Waals surface area contributed by atoms with Gasteiger partial charge in [-0.15, -0.1) is 11.3 Å². The van der Waals surface area contributed by atoms with Gasteiger partial charge in [0.1, 0.15) is 0 Å². The first-order chi connectivity index (χ1) is 12.7. The predicted molar refractivity (Wildman–Crippen MR) is 108 cm³/mol. The van der Waals surface area contributed by atoms with Gasteiger partial charge in [0, 0.05) is 37.6 Å². The maximum Gasteiger partial charge on any atom is 0.239 e. The van der Waals surface area contributed by atoms with Crippen molar-refractivity contribution in [1.29, 1.82) is 0 Å². The van der Waals surface area contributed by atoms with Crippen molar-refractivity contribution in [3.05, 3.63) is 52.0 Å². The average molecular weight is 374 g/mol. The highest BCUT2D eigenvalue weighted by atomic mass is 32.1. The Morgan fingerprint density at radius 1 is 1.12 bits per heavy atom. The van der Waals surface area contributed by atoms with Gasteiger partial charge in [-0.1, -0.05) is 37.3 Å². The van der Waals surface area contributed by atoms with Crippen LogP contribution in [0.2, 0.25) is 0 Å². The van der Waals surface area contributed by atoms with Crippen LogP contribution in [0.25, 0.3) is 0 Å². The van der Waals surface area contributed by atoms with Crippen LogP contribution in [0.1, 0.15) is 22.4 Å². The molecular formula is C19H27N5OS. The fourth-order valence-corrected chi connectivity index (χ4v) is 3.21. The molecule has 1 aromatic carbocycles. The maximum atomic E-state index is 11.9. The largest absolute Gasteiger partial charge is 0.356 e. The topological polar surface area (TPSA) is 78.4 Å². The van der Waals surface area contributed by atoms with Gasteiger partial charge in [-0.25, -0.2) is 4.98 Å². The van der Waals surface area contributed by atoms with E-state index >= 15 is 0 Å². The maximum absolute atomic E-state index is 11.9. The molecule has 0 saturated heterocycles. The van der Waals surface area contributed by atoms with Crippen molar-refractivity contribution in [2.75, 3.05) is 26.7 Å². The highest BCUT2D eigenvalue weighted by Gasteiger charge is 2.04. The molecule has 2 aromatic rings. The van der Waals surface area contributed by atoms with E-state index in [1.54, 1.807) is 18.4 Å². The summed E-state index contributed by atoms with van der Waals surface area (Å²) in [4.78, 5) is 21.8. The van der Waals surface area contributed by atoms with E-state index in [2.05, 4.69) is 45.0 Å². The Morgan fingerprint density at radius 2 is 1.88 bits per heavy atom. The zero-order valence-corrected chi connectivity index (χ0v) is 16.2. The highest BCUT2D eigenvalue weighted by molar-refractivity contribution is 7.11. The average Bonchev–Trinajstić information content (AvgIpc) is 3.13. The highest BCUT2D eigenvalue weighted by Crippen LogP contribution is 2.13. The van der Waals surface area contributed by atoms with Crippen molar-refractivity contribution in [3.63, 3.8) is 0 Å². The van der Waals surface area contributed by atoms with Crippen molar-refractivity contribution in [1.82, 2.24) is 20.9 Å². The van der Waals surface area contributed by atoms with Gasteiger partial charge >= 0.3 is 0 Å². The molecule has 0 unspecified atom stereocenters. The van der Waals surface area contributed by atoms with Crippen LogP contribution in [0.15, 0.2) is 41.5 Å². The normalized spacial score (nSPS) is 11.2. The second-order valence-corrected chi connectivity index (χ2v) is 6.96. The zero-order valence-electron chi connectivity index (χ0n) is 15.4. The summed E-state index contributed by atoms with van der Waals surface area (Å²) in [5, 5.41) is 10.3. The molecule has 26 heavy (non-hydrogen) atoms. The Hall–Kier alpha value is -2.41. The van der Waals surface area contributed by atoms with Crippen LogP contribution < -0.4 is 16.0 Å². The Kier molecular flexibility index (Phi) is 8.62. The summed E-state index contributed by atoms with van der Waals surface area (Å²) in [5.74, 6) is 0.576. The van der Waals surface area contributed by atoms with Crippen LogP contribution in [0.3, 0.4) is 0 Å². The Labute approximate surface area is 159 Å². The lowest BCUT2D eigenvalue weighted by atomic mass is 10.1. The standard InChI is InChI=1S/C19H27N5OS/c1-3-16-13-23-18(26-16)10-12-22-19(20-2)24-14-17(25)21-11-9-15-7-5-4-6-8-15/h4-8,13H,3,9-12,14H2,1-2H3,(H,21,25)(H2,20,22,24). The van der Waals surface area contributed by atoms with E-state index in [1.807, 2.05) is 24.4 Å². The number of aryl methyl sites for hydroxylation is 1. The van der Waals surface area contributed by atoms with E-state index in [4.69, 9.17) is 0 Å². The molecule has 1 heterocycles. The molecule has 6 nitrogen and oxygen atoms in total. The van der Waals surface area contributed by atoms with Crippen LogP contribution in [0, 0.1) is 0 Å². The van der Waals surface area contributed by atoms with E-state index in [-0.39, 0.29) is 12.5 Å². The molecule has 0 bridgehead atoms. The third kappa shape index (κ3) is 7.23. The molecule has 0 aliphatic heterocycles. The summed E-state index contributed by atoms with van der Waals surface area (Å²) in [5.41, 5.74) is 1.21. The Bertz CT molecular complexity index is 699. The number of benzene rings is 1. The molecule has 3 N–H and O–H groups in total. The van der Waals surface area contributed by atoms with Gasteiger partial charge in [-0.05, 0) is 18.4 Å². The number of rotatable bonds is 9. The van der Waals surface area contributed by atoms with Crippen molar-refractivity contribution >= 4 is 23.2 Å². The van der Waals surface area contributed by atoms with Crippen LogP contribution >= 0.6 is 11.3 Å². The van der Waals surface area contributed by atoms with Gasteiger partial charge in [-0.2, -0.15) is 0 Å². The van der Waals surface area contributed by atoms with Crippen LogP contribution in [0.5, 0.6) is 0 Å². The number of hydrogen-bond donors (Lipinski definition) is 3. The second kappa shape index (κ2) is 11.3. The van der Waals surface area contributed by atoms with E-state index in [0.717, 1.165) is 30.8 Å². The number of carbonyl (C=O) groups is 1. The lowest BCUT2D eigenvalue weighted by Gasteiger charge is -2.11. The molecule has 0 fully saturated rings. The summed E-state index contributed by atoms with van der Waals surface area (Å²) in [6, 6.07) is 10.1. The van der Waals surface area contributed by atoms with E-state index in [0.29, 0.717) is 12.5 Å². The number of thiazole rings is 1. The number of guanidine groups is 1. The fraction of sp³-hybridized carbons (Fsp3) is 0.421. The van der Waals surface area contributed by atoms with E-state index in [1.165, 1.54) is 10.4 Å². The summed E-state index contributed by atoms with van der Waals surface area (Å²) in [6.45, 7) is 3.68. The smallest absolute Gasteiger partial charge is 0.239 e. The fourth-order valence-electron chi connectivity index (χ4n) is 2.35. The molecule has 0 radical (unpaired) electrons. The Balaban J connectivity index is 1.60. The van der Waals surface area contributed by atoms with E-state index < -0.39 is 0 Å². The summed E-state index contributed by atoms with van der Waals surface area (Å²) < 4.78 is 0. The minimum atomic E-state index is -0.0450. The molecule has 7 heteroatoms. The minimum Gasteiger partial charge on any atom is -0.356 e. The summed E-state index contributed by atoms with van der Waals surface area (Å²) in [6.07, 6.45) is 4.63. The SMILES string of the molecule is CCc1cnc(CCNC(=NC)NCC(=O)NCCc2ccccc2)s1. The first-order valence-corrected chi connectivity index (χ1v) is 9.71. The first kappa shape index (κ1) is 19.9. The molecule has 0 atom stereocenters. The lowest BCUT2D eigenvalue weighted by molar-refractivity contribution is -0.119. The molecule has 0 aliphatic carbocycles. The number of nitrogens with one attached hydrogen (secondary N) is 3. The number of carbonyl (C=O) groups excluding carboxylic acids is 1. The predicted octanol–water partition coefficient (Wildman–Crippen LogP) is 1.77. The van der Waals surface area contributed by atoms with Crippen molar-refractivity contribution in [2.45, 2.75) is 26.2 Å². The third-order valence-electron chi connectivity index (χ3n) is 3.80. The monoisotopic (exact) mass is 373 g/mol. The molecule has 140 valence electrons. The quantitative estimate of drug-likeness (QED) is 0.462. The summed E-state index contributed by atoms with van der Waals surface area (Å²) >= 11 is 1.74. The van der Waals surface area contributed by atoms with Crippen LogP contribution in [0.4, 0.5) is 0 Å². The zero-order chi connectivity index (χ0) is 18.6. The van der Waals surface area contributed by atoms with Crippen molar-refractivity contribution in [2.24, 2.45) is 4.99 Å².